The molecule has 1 aliphatic heterocycles. The maximum absolute atomic E-state index is 13.1. The van der Waals surface area contributed by atoms with E-state index in [2.05, 4.69) is 10.6 Å². The van der Waals surface area contributed by atoms with E-state index in [0.717, 1.165) is 23.4 Å². The van der Waals surface area contributed by atoms with Crippen molar-refractivity contribution < 1.29 is 27.9 Å². The highest BCUT2D eigenvalue weighted by Gasteiger charge is 2.30. The van der Waals surface area contributed by atoms with Gasteiger partial charge in [0.25, 0.3) is 5.91 Å². The third-order valence-corrected chi connectivity index (χ3v) is 6.10. The van der Waals surface area contributed by atoms with Gasteiger partial charge >= 0.3 is 6.18 Å². The van der Waals surface area contributed by atoms with Crippen molar-refractivity contribution in [2.24, 2.45) is 0 Å². The van der Waals surface area contributed by atoms with E-state index in [1.807, 2.05) is 43.3 Å². The monoisotopic (exact) mass is 521 g/mol. The molecule has 6 nitrogen and oxygen atoms in total. The number of hydrogen-bond donors (Lipinski definition) is 3. The van der Waals surface area contributed by atoms with Crippen LogP contribution in [0.15, 0.2) is 85.0 Å². The van der Waals surface area contributed by atoms with E-state index in [4.69, 9.17) is 0 Å². The summed E-state index contributed by atoms with van der Waals surface area (Å²) in [4.78, 5) is 26.3. The zero-order valence-electron chi connectivity index (χ0n) is 20.7. The summed E-state index contributed by atoms with van der Waals surface area (Å²) in [5.41, 5.74) is 3.71. The van der Waals surface area contributed by atoms with Gasteiger partial charge in [-0.25, -0.2) is 0 Å². The van der Waals surface area contributed by atoms with Crippen LogP contribution in [-0.4, -0.2) is 37.1 Å². The first-order valence-corrected chi connectivity index (χ1v) is 11.8. The number of anilines is 3. The number of fused-ring (bicyclic) bond motifs is 1. The van der Waals surface area contributed by atoms with Crippen LogP contribution in [0.4, 0.5) is 30.2 Å². The number of nitrogens with one attached hydrogen (secondary N) is 2. The fraction of sp³-hybridized carbons (Fsp3) is 0.172. The number of aliphatic hydroxyl groups excluding tert-OH is 1. The van der Waals surface area contributed by atoms with E-state index in [9.17, 15) is 27.9 Å². The molecule has 0 spiro atoms. The predicted octanol–water partition coefficient (Wildman–Crippen LogP) is 5.25. The number of nitrogens with zero attached hydrogens (tertiary/aromatic N) is 1. The molecule has 196 valence electrons. The van der Waals surface area contributed by atoms with E-state index in [1.165, 1.54) is 24.3 Å². The van der Waals surface area contributed by atoms with Crippen LogP contribution in [0.5, 0.6) is 0 Å². The van der Waals surface area contributed by atoms with Crippen molar-refractivity contribution in [2.45, 2.75) is 18.7 Å². The third kappa shape index (κ3) is 6.12. The van der Waals surface area contributed by atoms with Gasteiger partial charge in [-0.15, -0.1) is 0 Å². The Labute approximate surface area is 218 Å². The lowest BCUT2D eigenvalue weighted by atomic mass is 9.96. The van der Waals surface area contributed by atoms with Gasteiger partial charge in [0, 0.05) is 49.2 Å². The number of aliphatic hydroxyl groups is 1. The van der Waals surface area contributed by atoms with Gasteiger partial charge in [0.15, 0.2) is 0 Å². The summed E-state index contributed by atoms with van der Waals surface area (Å²) in [7, 11) is 3.77. The van der Waals surface area contributed by atoms with Crippen molar-refractivity contribution in [3.8, 4) is 0 Å². The minimum absolute atomic E-state index is 0.0710. The highest BCUT2D eigenvalue weighted by Crippen LogP contribution is 2.33. The van der Waals surface area contributed by atoms with Crippen LogP contribution in [-0.2, 0) is 22.2 Å². The Hall–Kier alpha value is -4.37. The molecule has 0 saturated carbocycles. The minimum Gasteiger partial charge on any atom is -0.383 e. The molecule has 0 radical (unpaired) electrons. The number of carbonyl (C=O) groups excluding carboxylic acids is 2. The second-order valence-electron chi connectivity index (χ2n) is 8.99. The first-order valence-electron chi connectivity index (χ1n) is 11.8. The van der Waals surface area contributed by atoms with Crippen molar-refractivity contribution >= 4 is 34.4 Å². The van der Waals surface area contributed by atoms with Gasteiger partial charge in [-0.1, -0.05) is 42.5 Å². The number of halogens is 3. The van der Waals surface area contributed by atoms with E-state index in [1.54, 1.807) is 24.3 Å². The van der Waals surface area contributed by atoms with Crippen LogP contribution in [0.25, 0.3) is 5.57 Å². The predicted molar refractivity (Wildman–Crippen MR) is 142 cm³/mol. The lowest BCUT2D eigenvalue weighted by molar-refractivity contribution is -0.137. The van der Waals surface area contributed by atoms with E-state index >= 15 is 0 Å². The minimum atomic E-state index is -4.44. The molecule has 1 aliphatic rings. The average molecular weight is 522 g/mol. The van der Waals surface area contributed by atoms with Crippen LogP contribution < -0.4 is 15.5 Å². The van der Waals surface area contributed by atoms with Gasteiger partial charge in [-0.3, -0.25) is 9.59 Å². The molecule has 9 heteroatoms. The maximum atomic E-state index is 13.1. The smallest absolute Gasteiger partial charge is 0.383 e. The molecule has 1 atom stereocenters. The summed E-state index contributed by atoms with van der Waals surface area (Å²) in [6.07, 6.45) is -1.08. The second kappa shape index (κ2) is 10.9. The van der Waals surface area contributed by atoms with Gasteiger partial charge in [-0.05, 0) is 53.1 Å². The number of benzene rings is 3. The van der Waals surface area contributed by atoms with Crippen LogP contribution in [0.1, 0.15) is 22.3 Å². The zero-order valence-corrected chi connectivity index (χ0v) is 20.7. The molecule has 3 aromatic rings. The Morgan fingerprint density at radius 2 is 1.76 bits per heavy atom. The number of allylic oxidation sites excluding steroid dienone is 2. The quantitative estimate of drug-likeness (QED) is 0.306. The zero-order chi connectivity index (χ0) is 27.4. The van der Waals surface area contributed by atoms with Crippen molar-refractivity contribution in [2.75, 3.05) is 29.6 Å². The van der Waals surface area contributed by atoms with E-state index in [-0.39, 0.29) is 6.42 Å². The highest BCUT2D eigenvalue weighted by atomic mass is 19.4. The van der Waals surface area contributed by atoms with E-state index < -0.39 is 29.7 Å². The largest absolute Gasteiger partial charge is 0.416 e. The SMILES string of the molecule is CN(C)c1cccc(/C(=C/C=C/C(=O)Nc2cccc3c2CC(O)C(=O)N3)c2ccc(C(F)(F)F)cc2)c1. The Morgan fingerprint density at radius 3 is 2.45 bits per heavy atom. The van der Waals surface area contributed by atoms with Gasteiger partial charge < -0.3 is 20.6 Å². The van der Waals surface area contributed by atoms with Crippen molar-refractivity contribution in [3.05, 3.63) is 107 Å². The lowest BCUT2D eigenvalue weighted by Crippen LogP contribution is -2.34. The number of carbonyl (C=O) groups is 2. The molecular formula is C29H26F3N3O3. The number of rotatable bonds is 6. The standard InChI is InChI=1S/C29H26F3N3O3/c1-35(2)21-7-3-6-19(16-21)22(18-12-14-20(15-13-18)29(30,31)32)8-4-11-27(37)33-24-9-5-10-25-23(24)17-26(36)28(38)34-25/h3-16,26,36H,17H2,1-2H3,(H,33,37)(H,34,38)/b11-4+,22-8+. The second-order valence-corrected chi connectivity index (χ2v) is 8.99. The van der Waals surface area contributed by atoms with Crippen LogP contribution >= 0.6 is 0 Å². The maximum Gasteiger partial charge on any atom is 0.416 e. The Balaban J connectivity index is 1.62. The summed E-state index contributed by atoms with van der Waals surface area (Å²) in [6, 6.07) is 17.4. The summed E-state index contributed by atoms with van der Waals surface area (Å²) < 4.78 is 39.3. The summed E-state index contributed by atoms with van der Waals surface area (Å²) >= 11 is 0. The van der Waals surface area contributed by atoms with Crippen LogP contribution in [0.3, 0.4) is 0 Å². The molecule has 2 amide bonds. The molecule has 3 N–H and O–H groups in total. The van der Waals surface area contributed by atoms with Crippen molar-refractivity contribution in [1.29, 1.82) is 0 Å². The topological polar surface area (TPSA) is 81.7 Å². The molecule has 4 rings (SSSR count). The molecular weight excluding hydrogens is 495 g/mol. The molecule has 0 aliphatic carbocycles. The first-order chi connectivity index (χ1) is 18.0. The third-order valence-electron chi connectivity index (χ3n) is 6.10. The van der Waals surface area contributed by atoms with Gasteiger partial charge in [0.2, 0.25) is 5.91 Å². The first kappa shape index (κ1) is 26.7. The molecule has 3 aromatic carbocycles. The summed E-state index contributed by atoms with van der Waals surface area (Å²) in [5.74, 6) is -0.949. The van der Waals surface area contributed by atoms with Crippen LogP contribution in [0.2, 0.25) is 0 Å². The fourth-order valence-electron chi connectivity index (χ4n) is 4.10. The Bertz CT molecular complexity index is 1410. The summed E-state index contributed by atoms with van der Waals surface area (Å²) in [6.45, 7) is 0. The molecule has 38 heavy (non-hydrogen) atoms. The van der Waals surface area contributed by atoms with Crippen molar-refractivity contribution in [1.82, 2.24) is 0 Å². The van der Waals surface area contributed by atoms with Crippen LogP contribution in [0, 0.1) is 0 Å². The molecule has 1 heterocycles. The Kier molecular flexibility index (Phi) is 7.68. The molecule has 1 unspecified atom stereocenters. The fourth-order valence-corrected chi connectivity index (χ4v) is 4.10. The summed E-state index contributed by atoms with van der Waals surface area (Å²) in [5, 5.41) is 15.3. The molecule has 0 aromatic heterocycles. The number of alkyl halides is 3. The molecule has 0 saturated heterocycles. The average Bonchev–Trinajstić information content (AvgIpc) is 2.87. The number of hydrogen-bond acceptors (Lipinski definition) is 4. The van der Waals surface area contributed by atoms with Gasteiger partial charge in [0.05, 0.1) is 5.56 Å². The number of amides is 2. The normalized spacial score (nSPS) is 15.7. The van der Waals surface area contributed by atoms with Gasteiger partial charge in [0.1, 0.15) is 6.10 Å². The molecule has 0 bridgehead atoms. The highest BCUT2D eigenvalue weighted by molar-refractivity contribution is 6.03. The lowest BCUT2D eigenvalue weighted by Gasteiger charge is -2.23. The van der Waals surface area contributed by atoms with E-state index in [0.29, 0.717) is 28.1 Å². The Morgan fingerprint density at radius 1 is 1.05 bits per heavy atom. The van der Waals surface area contributed by atoms with Gasteiger partial charge in [-0.2, -0.15) is 13.2 Å². The molecule has 0 fully saturated rings. The van der Waals surface area contributed by atoms with Crippen molar-refractivity contribution in [3.63, 3.8) is 0 Å².